The number of nitrogens with zero attached hydrogens (tertiary/aromatic N) is 3. The Labute approximate surface area is 82.7 Å². The van der Waals surface area contributed by atoms with E-state index in [1.165, 1.54) is 6.33 Å². The van der Waals surface area contributed by atoms with Crippen LogP contribution in [0.3, 0.4) is 0 Å². The molecule has 0 radical (unpaired) electrons. The maximum Gasteiger partial charge on any atom is 0.357 e. The molecule has 0 aliphatic heterocycles. The van der Waals surface area contributed by atoms with Gasteiger partial charge in [-0.25, -0.2) is 14.8 Å². The topological polar surface area (TPSA) is 55.3 Å². The Hall–Kier alpha value is -1.65. The zero-order valence-electron chi connectivity index (χ0n) is 8.52. The number of anilines is 1. The lowest BCUT2D eigenvalue weighted by atomic mass is 10.4. The van der Waals surface area contributed by atoms with Crippen LogP contribution in [0.2, 0.25) is 0 Å². The van der Waals surface area contributed by atoms with Gasteiger partial charge in [0.1, 0.15) is 12.1 Å². The number of hydrogen-bond acceptors (Lipinski definition) is 5. The van der Waals surface area contributed by atoms with Gasteiger partial charge in [0.2, 0.25) is 0 Å². The molecule has 5 heteroatoms. The molecule has 0 unspecified atom stereocenters. The maximum atomic E-state index is 11.3. The van der Waals surface area contributed by atoms with Crippen molar-refractivity contribution in [2.75, 3.05) is 25.6 Å². The zero-order valence-corrected chi connectivity index (χ0v) is 8.52. The predicted molar refractivity (Wildman–Crippen MR) is 52.3 cm³/mol. The Morgan fingerprint density at radius 1 is 1.50 bits per heavy atom. The molecule has 0 aliphatic carbocycles. The van der Waals surface area contributed by atoms with Gasteiger partial charge in [-0.3, -0.25) is 0 Å². The van der Waals surface area contributed by atoms with E-state index < -0.39 is 5.97 Å². The highest BCUT2D eigenvalue weighted by Crippen LogP contribution is 2.07. The summed E-state index contributed by atoms with van der Waals surface area (Å²) in [5, 5.41) is 0. The molecule has 0 atom stereocenters. The number of carbonyl (C=O) groups is 1. The third-order valence-corrected chi connectivity index (χ3v) is 1.60. The standard InChI is InChI=1S/C9H13N3O2/c1-4-14-9(13)7-5-8(12(2)3)11-6-10-7/h5-6H,4H2,1-3H3. The Balaban J connectivity index is 2.88. The molecule has 5 nitrogen and oxygen atoms in total. The quantitative estimate of drug-likeness (QED) is 0.665. The van der Waals surface area contributed by atoms with Crippen LogP contribution >= 0.6 is 0 Å². The summed E-state index contributed by atoms with van der Waals surface area (Å²) in [7, 11) is 3.69. The highest BCUT2D eigenvalue weighted by atomic mass is 16.5. The summed E-state index contributed by atoms with van der Waals surface area (Å²) in [6, 6.07) is 1.60. The first-order valence-electron chi connectivity index (χ1n) is 4.31. The predicted octanol–water partition coefficient (Wildman–Crippen LogP) is 0.719. The van der Waals surface area contributed by atoms with Gasteiger partial charge in [-0.1, -0.05) is 0 Å². The minimum Gasteiger partial charge on any atom is -0.461 e. The van der Waals surface area contributed by atoms with Crippen LogP contribution in [-0.2, 0) is 4.74 Å². The van der Waals surface area contributed by atoms with Crippen LogP contribution in [0.4, 0.5) is 5.82 Å². The summed E-state index contributed by atoms with van der Waals surface area (Å²) in [6.45, 7) is 2.10. The second-order valence-electron chi connectivity index (χ2n) is 2.88. The van der Waals surface area contributed by atoms with E-state index in [9.17, 15) is 4.79 Å². The lowest BCUT2D eigenvalue weighted by Crippen LogP contribution is -2.13. The van der Waals surface area contributed by atoms with Crippen molar-refractivity contribution in [2.45, 2.75) is 6.92 Å². The molecule has 0 aliphatic rings. The van der Waals surface area contributed by atoms with Crippen LogP contribution in [0.5, 0.6) is 0 Å². The van der Waals surface area contributed by atoms with E-state index >= 15 is 0 Å². The van der Waals surface area contributed by atoms with Gasteiger partial charge < -0.3 is 9.64 Å². The first-order valence-corrected chi connectivity index (χ1v) is 4.31. The molecule has 14 heavy (non-hydrogen) atoms. The zero-order chi connectivity index (χ0) is 10.6. The lowest BCUT2D eigenvalue weighted by Gasteiger charge is -2.10. The van der Waals surface area contributed by atoms with Crippen LogP contribution in [-0.4, -0.2) is 36.6 Å². The van der Waals surface area contributed by atoms with Crippen molar-refractivity contribution in [3.63, 3.8) is 0 Å². The Kier molecular flexibility index (Phi) is 3.39. The van der Waals surface area contributed by atoms with Crippen LogP contribution in [0, 0.1) is 0 Å². The van der Waals surface area contributed by atoms with Crippen LogP contribution in [0.25, 0.3) is 0 Å². The molecule has 76 valence electrons. The van der Waals surface area contributed by atoms with Gasteiger partial charge in [0.25, 0.3) is 0 Å². The summed E-state index contributed by atoms with van der Waals surface area (Å²) in [6.07, 6.45) is 1.35. The Bertz CT molecular complexity index is 326. The fourth-order valence-corrected chi connectivity index (χ4v) is 0.908. The molecule has 1 aromatic heterocycles. The molecule has 0 aromatic carbocycles. The Morgan fingerprint density at radius 2 is 2.21 bits per heavy atom. The fraction of sp³-hybridized carbons (Fsp3) is 0.444. The highest BCUT2D eigenvalue weighted by molar-refractivity contribution is 5.87. The summed E-state index contributed by atoms with van der Waals surface area (Å²) in [5.41, 5.74) is 0.283. The third kappa shape index (κ3) is 2.42. The second-order valence-corrected chi connectivity index (χ2v) is 2.88. The molecule has 0 amide bonds. The fourth-order valence-electron chi connectivity index (χ4n) is 0.908. The first kappa shape index (κ1) is 10.4. The number of aromatic nitrogens is 2. The summed E-state index contributed by atoms with van der Waals surface area (Å²) in [5.74, 6) is 0.265. The van der Waals surface area contributed by atoms with Crippen molar-refractivity contribution >= 4 is 11.8 Å². The molecule has 1 aromatic rings. The summed E-state index contributed by atoms with van der Waals surface area (Å²) < 4.78 is 4.81. The normalized spacial score (nSPS) is 9.64. The molecular weight excluding hydrogens is 182 g/mol. The minimum atomic E-state index is -0.419. The number of rotatable bonds is 3. The molecule has 0 saturated carbocycles. The number of hydrogen-bond donors (Lipinski definition) is 0. The van der Waals surface area contributed by atoms with Crippen LogP contribution in [0.1, 0.15) is 17.4 Å². The van der Waals surface area contributed by atoms with Gasteiger partial charge in [-0.2, -0.15) is 0 Å². The third-order valence-electron chi connectivity index (χ3n) is 1.60. The second kappa shape index (κ2) is 4.55. The number of carbonyl (C=O) groups excluding carboxylic acids is 1. The summed E-state index contributed by atoms with van der Waals surface area (Å²) >= 11 is 0. The number of ether oxygens (including phenoxy) is 1. The molecule has 0 fully saturated rings. The largest absolute Gasteiger partial charge is 0.461 e. The molecule has 0 bridgehead atoms. The first-order chi connectivity index (χ1) is 6.65. The van der Waals surface area contributed by atoms with Crippen molar-refractivity contribution in [3.05, 3.63) is 18.1 Å². The highest BCUT2D eigenvalue weighted by Gasteiger charge is 2.09. The average Bonchev–Trinajstić information content (AvgIpc) is 2.18. The molecule has 0 spiro atoms. The molecule has 1 rings (SSSR count). The van der Waals surface area contributed by atoms with E-state index in [1.807, 2.05) is 14.1 Å². The van der Waals surface area contributed by atoms with Gasteiger partial charge in [-0.15, -0.1) is 0 Å². The van der Waals surface area contributed by atoms with Crippen molar-refractivity contribution < 1.29 is 9.53 Å². The summed E-state index contributed by atoms with van der Waals surface area (Å²) in [4.78, 5) is 20.9. The Morgan fingerprint density at radius 3 is 2.79 bits per heavy atom. The monoisotopic (exact) mass is 195 g/mol. The van der Waals surface area contributed by atoms with E-state index in [0.717, 1.165) is 0 Å². The minimum absolute atomic E-state index is 0.283. The van der Waals surface area contributed by atoms with E-state index in [1.54, 1.807) is 17.9 Å². The van der Waals surface area contributed by atoms with Crippen LogP contribution < -0.4 is 4.90 Å². The number of esters is 1. The molecular formula is C9H13N3O2. The van der Waals surface area contributed by atoms with Crippen LogP contribution in [0.15, 0.2) is 12.4 Å². The van der Waals surface area contributed by atoms with Gasteiger partial charge in [0.05, 0.1) is 6.61 Å². The molecule has 0 N–H and O–H groups in total. The van der Waals surface area contributed by atoms with Gasteiger partial charge in [0, 0.05) is 20.2 Å². The van der Waals surface area contributed by atoms with Gasteiger partial charge in [0.15, 0.2) is 5.69 Å². The lowest BCUT2D eigenvalue weighted by molar-refractivity contribution is 0.0519. The van der Waals surface area contributed by atoms with Crippen molar-refractivity contribution in [2.24, 2.45) is 0 Å². The van der Waals surface area contributed by atoms with E-state index in [-0.39, 0.29) is 5.69 Å². The van der Waals surface area contributed by atoms with E-state index in [4.69, 9.17) is 4.74 Å². The van der Waals surface area contributed by atoms with Crippen molar-refractivity contribution in [1.29, 1.82) is 0 Å². The van der Waals surface area contributed by atoms with Crippen molar-refractivity contribution in [1.82, 2.24) is 9.97 Å². The molecule has 1 heterocycles. The van der Waals surface area contributed by atoms with Gasteiger partial charge in [-0.05, 0) is 6.92 Å². The van der Waals surface area contributed by atoms with E-state index in [2.05, 4.69) is 9.97 Å². The van der Waals surface area contributed by atoms with Crippen molar-refractivity contribution in [3.8, 4) is 0 Å². The SMILES string of the molecule is CCOC(=O)c1cc(N(C)C)ncn1. The van der Waals surface area contributed by atoms with Gasteiger partial charge >= 0.3 is 5.97 Å². The van der Waals surface area contributed by atoms with E-state index in [0.29, 0.717) is 12.4 Å². The average molecular weight is 195 g/mol. The smallest absolute Gasteiger partial charge is 0.357 e. The maximum absolute atomic E-state index is 11.3. The molecule has 0 saturated heterocycles.